The molecule has 0 unspecified atom stereocenters. The van der Waals surface area contributed by atoms with Crippen LogP contribution in [0.1, 0.15) is 0 Å². The van der Waals surface area contributed by atoms with E-state index in [4.69, 9.17) is 5.73 Å². The highest BCUT2D eigenvalue weighted by atomic mass is 16.8. The minimum atomic E-state index is -1.58. The summed E-state index contributed by atoms with van der Waals surface area (Å²) < 4.78 is 12.5. The molecule has 0 radical (unpaired) electrons. The molecule has 12 heavy (non-hydrogen) atoms. The molecule has 0 aliphatic carbocycles. The van der Waals surface area contributed by atoms with E-state index in [2.05, 4.69) is 14.0 Å². The third-order valence-corrected chi connectivity index (χ3v) is 0.968. The Morgan fingerprint density at radius 3 is 2.33 bits per heavy atom. The van der Waals surface area contributed by atoms with Crippen LogP contribution in [-0.4, -0.2) is 31.8 Å². The van der Waals surface area contributed by atoms with Gasteiger partial charge in [0, 0.05) is 0 Å². The molecular weight excluding hydrogens is 169 g/mol. The van der Waals surface area contributed by atoms with Crippen molar-refractivity contribution in [3.63, 3.8) is 0 Å². The molecular formula is C4H4BNO6. The lowest BCUT2D eigenvalue weighted by atomic mass is 10.2. The zero-order valence-electron chi connectivity index (χ0n) is 5.81. The predicted molar refractivity (Wildman–Crippen MR) is 33.1 cm³/mol. The van der Waals surface area contributed by atoms with E-state index in [1.165, 1.54) is 0 Å². The lowest BCUT2D eigenvalue weighted by molar-refractivity contribution is -0.150. The van der Waals surface area contributed by atoms with Gasteiger partial charge in [-0.1, -0.05) is 0 Å². The Hall–Kier alpha value is -1.57. The van der Waals surface area contributed by atoms with Gasteiger partial charge >= 0.3 is 25.2 Å². The number of carbonyl (C=O) groups excluding carboxylic acids is 3. The third-order valence-electron chi connectivity index (χ3n) is 0.968. The molecule has 1 fully saturated rings. The summed E-state index contributed by atoms with van der Waals surface area (Å²) in [4.78, 5) is 31.1. The van der Waals surface area contributed by atoms with Crippen molar-refractivity contribution in [1.29, 1.82) is 0 Å². The average Bonchev–Trinajstić information content (AvgIpc) is 2.31. The van der Waals surface area contributed by atoms with Gasteiger partial charge in [-0.05, 0) is 0 Å². The molecule has 8 heteroatoms. The van der Waals surface area contributed by atoms with Crippen molar-refractivity contribution in [2.45, 2.75) is 0 Å². The summed E-state index contributed by atoms with van der Waals surface area (Å²) in [5.74, 6) is -3.21. The number of hydrogen-bond donors (Lipinski definition) is 1. The Balaban J connectivity index is 2.42. The van der Waals surface area contributed by atoms with Crippen LogP contribution in [0.5, 0.6) is 0 Å². The fourth-order valence-corrected chi connectivity index (χ4v) is 0.499. The van der Waals surface area contributed by atoms with Gasteiger partial charge in [0.1, 0.15) is 0 Å². The third kappa shape index (κ3) is 1.73. The van der Waals surface area contributed by atoms with Crippen molar-refractivity contribution in [3.8, 4) is 0 Å². The molecule has 0 bridgehead atoms. The molecule has 0 atom stereocenters. The van der Waals surface area contributed by atoms with Gasteiger partial charge in [0.05, 0.1) is 6.54 Å². The zero-order valence-corrected chi connectivity index (χ0v) is 5.81. The van der Waals surface area contributed by atoms with Crippen LogP contribution in [0, 0.1) is 0 Å². The van der Waals surface area contributed by atoms with Gasteiger partial charge < -0.3 is 19.7 Å². The first-order valence-electron chi connectivity index (χ1n) is 2.94. The fraction of sp³-hybridized carbons (Fsp3) is 0.250. The Bertz CT molecular complexity index is 224. The molecule has 1 heterocycles. The molecule has 1 aliphatic heterocycles. The number of hydrogen-bond acceptors (Lipinski definition) is 7. The van der Waals surface area contributed by atoms with Crippen LogP contribution < -0.4 is 5.73 Å². The second-order valence-corrected chi connectivity index (χ2v) is 1.79. The summed E-state index contributed by atoms with van der Waals surface area (Å²) in [5, 5.41) is 0. The quantitative estimate of drug-likeness (QED) is 0.365. The van der Waals surface area contributed by atoms with E-state index in [0.717, 1.165) is 0 Å². The Morgan fingerprint density at radius 1 is 1.42 bits per heavy atom. The lowest BCUT2D eigenvalue weighted by Gasteiger charge is -2.00. The van der Waals surface area contributed by atoms with Crippen LogP contribution in [-0.2, 0) is 28.3 Å². The molecule has 2 N–H and O–H groups in total. The van der Waals surface area contributed by atoms with Crippen LogP contribution in [0.15, 0.2) is 0 Å². The topological polar surface area (TPSA) is 105 Å². The summed E-state index contributed by atoms with van der Waals surface area (Å²) >= 11 is 0. The number of nitrogens with two attached hydrogens (primary N) is 1. The van der Waals surface area contributed by atoms with E-state index < -0.39 is 25.2 Å². The zero-order chi connectivity index (χ0) is 9.14. The fourth-order valence-electron chi connectivity index (χ4n) is 0.499. The summed E-state index contributed by atoms with van der Waals surface area (Å²) in [5.41, 5.74) is 4.86. The van der Waals surface area contributed by atoms with Crippen molar-refractivity contribution >= 4 is 25.2 Å². The van der Waals surface area contributed by atoms with Gasteiger partial charge in [-0.15, -0.1) is 0 Å². The van der Waals surface area contributed by atoms with Gasteiger partial charge in [0.15, 0.2) is 0 Å². The van der Waals surface area contributed by atoms with Gasteiger partial charge in [0.2, 0.25) is 0 Å². The SMILES string of the molecule is NCC(=O)OB1OC(=O)C(=O)O1. The molecule has 1 saturated heterocycles. The van der Waals surface area contributed by atoms with E-state index in [1.807, 2.05) is 0 Å². The molecule has 0 spiro atoms. The highest BCUT2D eigenvalue weighted by Gasteiger charge is 2.46. The van der Waals surface area contributed by atoms with Crippen LogP contribution in [0.3, 0.4) is 0 Å². The molecule has 0 aromatic heterocycles. The van der Waals surface area contributed by atoms with Crippen molar-refractivity contribution < 1.29 is 28.3 Å². The highest BCUT2D eigenvalue weighted by Crippen LogP contribution is 2.03. The van der Waals surface area contributed by atoms with E-state index in [9.17, 15) is 14.4 Å². The Morgan fingerprint density at radius 2 is 1.92 bits per heavy atom. The second-order valence-electron chi connectivity index (χ2n) is 1.79. The molecule has 7 nitrogen and oxygen atoms in total. The van der Waals surface area contributed by atoms with Crippen LogP contribution in [0.25, 0.3) is 0 Å². The minimum absolute atomic E-state index is 0.383. The largest absolute Gasteiger partial charge is 0.870 e. The smallest absolute Gasteiger partial charge is 0.461 e. The normalized spacial score (nSPS) is 15.6. The van der Waals surface area contributed by atoms with E-state index in [1.54, 1.807) is 0 Å². The molecule has 0 aromatic carbocycles. The van der Waals surface area contributed by atoms with Gasteiger partial charge in [-0.25, -0.2) is 9.59 Å². The first-order chi connectivity index (χ1) is 5.63. The van der Waals surface area contributed by atoms with Crippen LogP contribution in [0.2, 0.25) is 0 Å². The van der Waals surface area contributed by atoms with Gasteiger partial charge in [-0.3, -0.25) is 4.79 Å². The molecule has 0 saturated carbocycles. The van der Waals surface area contributed by atoms with Crippen molar-refractivity contribution in [1.82, 2.24) is 0 Å². The Labute approximate surface area is 66.9 Å². The summed E-state index contributed by atoms with van der Waals surface area (Å²) in [7, 11) is -1.58. The van der Waals surface area contributed by atoms with Gasteiger partial charge in [-0.2, -0.15) is 0 Å². The Kier molecular flexibility index (Phi) is 2.29. The predicted octanol–water partition coefficient (Wildman–Crippen LogP) is -2.43. The summed E-state index contributed by atoms with van der Waals surface area (Å²) in [6.45, 7) is -0.383. The first-order valence-corrected chi connectivity index (χ1v) is 2.94. The number of carbonyl (C=O) groups is 3. The van der Waals surface area contributed by atoms with E-state index in [0.29, 0.717) is 0 Å². The van der Waals surface area contributed by atoms with Crippen molar-refractivity contribution in [2.24, 2.45) is 5.73 Å². The molecule has 1 aliphatic rings. The van der Waals surface area contributed by atoms with E-state index >= 15 is 0 Å². The molecule has 0 amide bonds. The van der Waals surface area contributed by atoms with Crippen molar-refractivity contribution in [3.05, 3.63) is 0 Å². The first kappa shape index (κ1) is 8.53. The maximum Gasteiger partial charge on any atom is 0.870 e. The van der Waals surface area contributed by atoms with E-state index in [-0.39, 0.29) is 6.54 Å². The second kappa shape index (κ2) is 3.22. The molecule has 0 aromatic rings. The number of rotatable bonds is 2. The standard InChI is InChI=1S/C4H4BNO6/c6-1-2(7)10-5-11-3(8)4(9)12-5/h1,6H2. The average molecular weight is 173 g/mol. The van der Waals surface area contributed by atoms with Crippen molar-refractivity contribution in [2.75, 3.05) is 6.54 Å². The lowest BCUT2D eigenvalue weighted by Crippen LogP contribution is -2.28. The summed E-state index contributed by atoms with van der Waals surface area (Å²) in [6, 6.07) is 0. The summed E-state index contributed by atoms with van der Waals surface area (Å²) in [6.07, 6.45) is 0. The molecule has 64 valence electrons. The minimum Gasteiger partial charge on any atom is -0.461 e. The maximum atomic E-state index is 10.5. The highest BCUT2D eigenvalue weighted by molar-refractivity contribution is 6.56. The molecule has 1 rings (SSSR count). The van der Waals surface area contributed by atoms with Crippen LogP contribution in [0.4, 0.5) is 0 Å². The van der Waals surface area contributed by atoms with Crippen LogP contribution >= 0.6 is 0 Å². The monoisotopic (exact) mass is 173 g/mol. The maximum absolute atomic E-state index is 10.5. The van der Waals surface area contributed by atoms with Gasteiger partial charge in [0.25, 0.3) is 0 Å².